The van der Waals surface area contributed by atoms with Gasteiger partial charge < -0.3 is 5.11 Å². The summed E-state index contributed by atoms with van der Waals surface area (Å²) in [6.07, 6.45) is 4.00. The van der Waals surface area contributed by atoms with Crippen molar-refractivity contribution in [2.24, 2.45) is 5.41 Å². The summed E-state index contributed by atoms with van der Waals surface area (Å²) in [7, 11) is -1.25. The van der Waals surface area contributed by atoms with Gasteiger partial charge in [0.15, 0.2) is 9.84 Å². The number of rotatable bonds is 4. The molecule has 2 aliphatic rings. The van der Waals surface area contributed by atoms with Crippen molar-refractivity contribution in [3.63, 3.8) is 0 Å². The second-order valence-corrected chi connectivity index (χ2v) is 9.68. The van der Waals surface area contributed by atoms with Gasteiger partial charge in [-0.2, -0.15) is 0 Å². The maximum Gasteiger partial charge on any atom is 0.320 e. The van der Waals surface area contributed by atoms with Crippen LogP contribution in [0.5, 0.6) is 0 Å². The van der Waals surface area contributed by atoms with Gasteiger partial charge >= 0.3 is 5.97 Å². The highest BCUT2D eigenvalue weighted by Crippen LogP contribution is 2.43. The molecular formula is C18H26N2O4S. The zero-order valence-electron chi connectivity index (χ0n) is 14.8. The number of piperidine rings is 1. The SMILES string of the molecule is CN1CC2(CCN(Cc3ccc(S(C)(=O)=O)cc3)CC2)C[C@@H]1C(=O)O. The van der Waals surface area contributed by atoms with Gasteiger partial charge in [0.2, 0.25) is 0 Å². The summed E-state index contributed by atoms with van der Waals surface area (Å²) in [5.74, 6) is -0.715. The molecule has 1 aromatic rings. The van der Waals surface area contributed by atoms with Crippen molar-refractivity contribution in [1.82, 2.24) is 9.80 Å². The third-order valence-corrected chi connectivity index (χ3v) is 6.83. The second kappa shape index (κ2) is 6.70. The molecule has 3 rings (SSSR count). The summed E-state index contributed by atoms with van der Waals surface area (Å²) in [6.45, 7) is 3.57. The number of likely N-dealkylation sites (tertiary alicyclic amines) is 2. The minimum Gasteiger partial charge on any atom is -0.480 e. The van der Waals surface area contributed by atoms with Gasteiger partial charge in [-0.25, -0.2) is 8.42 Å². The highest BCUT2D eigenvalue weighted by molar-refractivity contribution is 7.90. The summed E-state index contributed by atoms with van der Waals surface area (Å²) in [4.78, 5) is 16.0. The Morgan fingerprint density at radius 1 is 1.24 bits per heavy atom. The van der Waals surface area contributed by atoms with Crippen molar-refractivity contribution >= 4 is 15.8 Å². The smallest absolute Gasteiger partial charge is 0.320 e. The number of hydrogen-bond donors (Lipinski definition) is 1. The molecule has 0 aromatic heterocycles. The van der Waals surface area contributed by atoms with Crippen molar-refractivity contribution in [3.05, 3.63) is 29.8 Å². The van der Waals surface area contributed by atoms with Crippen molar-refractivity contribution in [1.29, 1.82) is 0 Å². The molecule has 0 bridgehead atoms. The molecule has 2 aliphatic heterocycles. The van der Waals surface area contributed by atoms with Crippen LogP contribution in [0.1, 0.15) is 24.8 Å². The van der Waals surface area contributed by atoms with Gasteiger partial charge in [-0.1, -0.05) is 12.1 Å². The quantitative estimate of drug-likeness (QED) is 0.869. The number of carbonyl (C=O) groups is 1. The van der Waals surface area contributed by atoms with E-state index in [1.54, 1.807) is 12.1 Å². The van der Waals surface area contributed by atoms with Gasteiger partial charge in [-0.3, -0.25) is 14.6 Å². The van der Waals surface area contributed by atoms with E-state index >= 15 is 0 Å². The third kappa shape index (κ3) is 4.04. The fraction of sp³-hybridized carbons (Fsp3) is 0.611. The first kappa shape index (κ1) is 18.4. The molecule has 2 fully saturated rings. The Balaban J connectivity index is 1.57. The Labute approximate surface area is 149 Å². The first-order valence-corrected chi connectivity index (χ1v) is 10.5. The molecule has 2 heterocycles. The van der Waals surface area contributed by atoms with Crippen molar-refractivity contribution in [2.75, 3.05) is 32.9 Å². The van der Waals surface area contributed by atoms with Crippen LogP contribution in [-0.4, -0.2) is 68.3 Å². The summed E-state index contributed by atoms with van der Waals surface area (Å²) in [6, 6.07) is 6.74. The third-order valence-electron chi connectivity index (χ3n) is 5.70. The van der Waals surface area contributed by atoms with Crippen LogP contribution in [-0.2, 0) is 21.2 Å². The van der Waals surface area contributed by atoms with Crippen LogP contribution < -0.4 is 0 Å². The Bertz CT molecular complexity index is 737. The van der Waals surface area contributed by atoms with E-state index in [4.69, 9.17) is 0 Å². The number of carboxylic acids is 1. The molecule has 7 heteroatoms. The van der Waals surface area contributed by atoms with Gasteiger partial charge in [0.1, 0.15) is 6.04 Å². The number of nitrogens with zero attached hydrogens (tertiary/aromatic N) is 2. The molecule has 1 spiro atoms. The number of hydrogen-bond acceptors (Lipinski definition) is 5. The van der Waals surface area contributed by atoms with Crippen molar-refractivity contribution in [3.8, 4) is 0 Å². The first-order chi connectivity index (χ1) is 11.7. The number of carboxylic acid groups (broad SMARTS) is 1. The second-order valence-electron chi connectivity index (χ2n) is 7.67. The highest BCUT2D eigenvalue weighted by Gasteiger charge is 2.46. The fourth-order valence-corrected chi connectivity index (χ4v) is 4.82. The number of likely N-dealkylation sites (N-methyl/N-ethyl adjacent to an activating group) is 1. The summed E-state index contributed by atoms with van der Waals surface area (Å²) in [5, 5.41) is 9.33. The van der Waals surface area contributed by atoms with E-state index in [-0.39, 0.29) is 11.5 Å². The molecule has 0 radical (unpaired) electrons. The zero-order chi connectivity index (χ0) is 18.2. The molecule has 0 unspecified atom stereocenters. The average molecular weight is 366 g/mol. The van der Waals surface area contributed by atoms with Crippen LogP contribution in [0.3, 0.4) is 0 Å². The van der Waals surface area contributed by atoms with Crippen molar-refractivity contribution in [2.45, 2.75) is 36.7 Å². The van der Waals surface area contributed by atoms with Gasteiger partial charge in [-0.05, 0) is 62.5 Å². The first-order valence-electron chi connectivity index (χ1n) is 8.63. The van der Waals surface area contributed by atoms with E-state index in [1.165, 1.54) is 6.26 Å². The van der Waals surface area contributed by atoms with Crippen LogP contribution in [0.15, 0.2) is 29.2 Å². The maximum absolute atomic E-state index is 11.5. The highest BCUT2D eigenvalue weighted by atomic mass is 32.2. The Kier molecular flexibility index (Phi) is 4.92. The Morgan fingerprint density at radius 2 is 1.84 bits per heavy atom. The van der Waals surface area contributed by atoms with Crippen LogP contribution >= 0.6 is 0 Å². The molecular weight excluding hydrogens is 340 g/mol. The molecule has 6 nitrogen and oxygen atoms in total. The standard InChI is InChI=1S/C18H26N2O4S/c1-19-13-18(11-16(19)17(21)22)7-9-20(10-8-18)12-14-3-5-15(6-4-14)25(2,23)24/h3-6,16H,7-13H2,1-2H3,(H,21,22)/t16-/m1/s1. The van der Waals surface area contributed by atoms with E-state index in [0.29, 0.717) is 4.90 Å². The molecule has 1 N–H and O–H groups in total. The monoisotopic (exact) mass is 366 g/mol. The molecule has 1 aromatic carbocycles. The Morgan fingerprint density at radius 3 is 2.32 bits per heavy atom. The summed E-state index contributed by atoms with van der Waals surface area (Å²) >= 11 is 0. The molecule has 2 saturated heterocycles. The largest absolute Gasteiger partial charge is 0.480 e. The molecule has 25 heavy (non-hydrogen) atoms. The predicted molar refractivity (Wildman–Crippen MR) is 95.2 cm³/mol. The topological polar surface area (TPSA) is 77.9 Å². The van der Waals surface area contributed by atoms with Gasteiger partial charge in [0.05, 0.1) is 4.90 Å². The molecule has 0 aliphatic carbocycles. The van der Waals surface area contributed by atoms with Gasteiger partial charge in [0.25, 0.3) is 0 Å². The summed E-state index contributed by atoms with van der Waals surface area (Å²) < 4.78 is 23.0. The van der Waals surface area contributed by atoms with E-state index in [2.05, 4.69) is 4.90 Å². The minimum absolute atomic E-state index is 0.133. The van der Waals surface area contributed by atoms with E-state index in [1.807, 2.05) is 24.1 Å². The zero-order valence-corrected chi connectivity index (χ0v) is 15.6. The van der Waals surface area contributed by atoms with Gasteiger partial charge in [0, 0.05) is 19.3 Å². The Hall–Kier alpha value is -1.44. The number of aliphatic carboxylic acids is 1. The van der Waals surface area contributed by atoms with Crippen LogP contribution in [0, 0.1) is 5.41 Å². The lowest BCUT2D eigenvalue weighted by molar-refractivity contribution is -0.141. The predicted octanol–water partition coefficient (Wildman–Crippen LogP) is 1.46. The molecule has 0 saturated carbocycles. The van der Waals surface area contributed by atoms with E-state index < -0.39 is 15.8 Å². The lowest BCUT2D eigenvalue weighted by Gasteiger charge is -2.39. The maximum atomic E-state index is 11.5. The van der Waals surface area contributed by atoms with Crippen LogP contribution in [0.2, 0.25) is 0 Å². The van der Waals surface area contributed by atoms with E-state index in [0.717, 1.165) is 51.0 Å². The lowest BCUT2D eigenvalue weighted by atomic mass is 9.76. The van der Waals surface area contributed by atoms with Crippen LogP contribution in [0.4, 0.5) is 0 Å². The van der Waals surface area contributed by atoms with Crippen molar-refractivity contribution < 1.29 is 18.3 Å². The van der Waals surface area contributed by atoms with E-state index in [9.17, 15) is 18.3 Å². The minimum atomic E-state index is -3.15. The van der Waals surface area contributed by atoms with Gasteiger partial charge in [-0.15, -0.1) is 0 Å². The van der Waals surface area contributed by atoms with Crippen LogP contribution in [0.25, 0.3) is 0 Å². The number of benzene rings is 1. The molecule has 0 amide bonds. The molecule has 1 atom stereocenters. The number of sulfone groups is 1. The summed E-state index contributed by atoms with van der Waals surface area (Å²) in [5.41, 5.74) is 1.24. The molecule has 138 valence electrons. The fourth-order valence-electron chi connectivity index (χ4n) is 4.19. The lowest BCUT2D eigenvalue weighted by Crippen LogP contribution is -2.40. The normalized spacial score (nSPS) is 24.6. The average Bonchev–Trinajstić information content (AvgIpc) is 2.86.